The third-order valence-electron chi connectivity index (χ3n) is 11.0. The molecule has 75 heavy (non-hydrogen) atoms. The molecular formula is C48H55Cl3F3N6O13PS. The number of hydrogen-bond donors (Lipinski definition) is 4. The van der Waals surface area contributed by atoms with Crippen molar-refractivity contribution in [3.63, 3.8) is 0 Å². The Labute approximate surface area is 445 Å². The van der Waals surface area contributed by atoms with Crippen molar-refractivity contribution in [2.45, 2.75) is 88.9 Å². The number of carboxylic acids is 1. The molecule has 2 aromatic heterocycles. The van der Waals surface area contributed by atoms with Crippen LogP contribution >= 0.6 is 42.4 Å². The molecule has 0 bridgehead atoms. The average molecular weight is 1150 g/mol. The Kier molecular flexibility index (Phi) is 22.7. The van der Waals surface area contributed by atoms with Gasteiger partial charge in [0.1, 0.15) is 24.1 Å². The first-order valence-corrected chi connectivity index (χ1v) is 27.7. The Morgan fingerprint density at radius 3 is 2.35 bits per heavy atom. The van der Waals surface area contributed by atoms with E-state index in [4.69, 9.17) is 70.1 Å². The minimum absolute atomic E-state index is 0.0223. The molecule has 4 N–H and O–H groups in total. The van der Waals surface area contributed by atoms with Crippen molar-refractivity contribution in [3.05, 3.63) is 115 Å². The lowest BCUT2D eigenvalue weighted by atomic mass is 10.0. The monoisotopic (exact) mass is 1150 g/mol. The number of halogens is 6. The summed E-state index contributed by atoms with van der Waals surface area (Å²) in [5.41, 5.74) is 2.07. The van der Waals surface area contributed by atoms with Crippen LogP contribution in [0.5, 0.6) is 5.75 Å². The summed E-state index contributed by atoms with van der Waals surface area (Å²) in [4.78, 5) is 64.6. The molecule has 1 saturated carbocycles. The van der Waals surface area contributed by atoms with Gasteiger partial charge in [-0.2, -0.15) is 17.9 Å². The van der Waals surface area contributed by atoms with Crippen molar-refractivity contribution in [2.75, 3.05) is 50.2 Å². The summed E-state index contributed by atoms with van der Waals surface area (Å²) in [6, 6.07) is 11.2. The molecule has 0 spiro atoms. The van der Waals surface area contributed by atoms with Crippen molar-refractivity contribution in [1.29, 1.82) is 0 Å². The highest BCUT2D eigenvalue weighted by molar-refractivity contribution is 7.90. The number of amides is 1. The van der Waals surface area contributed by atoms with Crippen LogP contribution < -0.4 is 20.6 Å². The maximum absolute atomic E-state index is 12.8. The summed E-state index contributed by atoms with van der Waals surface area (Å²) < 4.78 is 90.9. The predicted octanol–water partition coefficient (Wildman–Crippen LogP) is 7.85. The largest absolute Gasteiger partial charge is 0.480 e. The Morgan fingerprint density at radius 2 is 1.79 bits per heavy atom. The van der Waals surface area contributed by atoms with Crippen LogP contribution in [0, 0.1) is 19.3 Å². The zero-order valence-corrected chi connectivity index (χ0v) is 45.2. The van der Waals surface area contributed by atoms with Gasteiger partial charge in [0, 0.05) is 43.9 Å². The van der Waals surface area contributed by atoms with E-state index in [9.17, 15) is 45.3 Å². The molecular weight excluding hydrogens is 1090 g/mol. The van der Waals surface area contributed by atoms with Crippen LogP contribution in [0.2, 0.25) is 10.0 Å². The third kappa shape index (κ3) is 17.5. The number of carboxylic acid groups (broad SMARTS) is 1. The van der Waals surface area contributed by atoms with Crippen LogP contribution in [-0.2, 0) is 54.3 Å². The number of para-hydroxylation sites is 1. The van der Waals surface area contributed by atoms with Gasteiger partial charge in [0.05, 0.1) is 69.1 Å². The Hall–Kier alpha value is -5.54. The fourth-order valence-corrected chi connectivity index (χ4v) is 9.44. The van der Waals surface area contributed by atoms with Gasteiger partial charge in [-0.1, -0.05) is 59.4 Å². The molecule has 1 amide bonds. The summed E-state index contributed by atoms with van der Waals surface area (Å²) in [5.74, 6) is 1.93. The SMILES string of the molecule is C#CCOc1cc(-n2nc3n(c2=O)CCCC3)c(Cl)cc1Cl.CCc1cccc(C)c1N(C(=O)CCl)C(C)COC.CS(=O)(=O)c1cc(C(F)(F)F)ccc1C(=O)c1cnoc1C1CC1.O=C(O)CNCP(=O)(O)O. The number of terminal acetylenes is 1. The normalized spacial score (nSPS) is 13.5. The first kappa shape index (κ1) is 62.0. The Balaban J connectivity index is 0.000000225. The van der Waals surface area contributed by atoms with Crippen molar-refractivity contribution >= 4 is 75.6 Å². The summed E-state index contributed by atoms with van der Waals surface area (Å²) in [6.45, 7) is 6.88. The van der Waals surface area contributed by atoms with E-state index >= 15 is 0 Å². The van der Waals surface area contributed by atoms with Crippen molar-refractivity contribution in [2.24, 2.45) is 0 Å². The highest BCUT2D eigenvalue weighted by Gasteiger charge is 2.36. The lowest BCUT2D eigenvalue weighted by Gasteiger charge is -2.31. The number of carbonyl (C=O) groups excluding carboxylic acids is 2. The van der Waals surface area contributed by atoms with Gasteiger partial charge in [0.25, 0.3) is 0 Å². The van der Waals surface area contributed by atoms with Gasteiger partial charge in [-0.05, 0) is 81.3 Å². The Bertz CT molecular complexity index is 3100. The Morgan fingerprint density at radius 1 is 1.09 bits per heavy atom. The van der Waals surface area contributed by atoms with Gasteiger partial charge < -0.3 is 33.8 Å². The zero-order valence-electron chi connectivity index (χ0n) is 41.2. The van der Waals surface area contributed by atoms with E-state index in [1.165, 1.54) is 16.9 Å². The molecule has 1 atom stereocenters. The maximum Gasteiger partial charge on any atom is 0.416 e. The third-order valence-corrected chi connectivity index (χ3v) is 13.6. The van der Waals surface area contributed by atoms with E-state index in [-0.39, 0.29) is 47.2 Å². The van der Waals surface area contributed by atoms with Crippen molar-refractivity contribution in [3.8, 4) is 23.8 Å². The fourth-order valence-electron chi connectivity index (χ4n) is 7.49. The quantitative estimate of drug-likeness (QED) is 0.0299. The number of fused-ring (bicyclic) bond motifs is 1. The number of nitrogens with one attached hydrogen (secondary N) is 1. The second kappa shape index (κ2) is 27.5. The number of carbonyl (C=O) groups is 3. The summed E-state index contributed by atoms with van der Waals surface area (Å²) in [6.07, 6.45) is 7.11. The first-order valence-electron chi connectivity index (χ1n) is 22.8. The molecule has 3 heterocycles. The number of ketones is 1. The summed E-state index contributed by atoms with van der Waals surface area (Å²) in [7, 11) is -6.50. The van der Waals surface area contributed by atoms with Crippen LogP contribution in [0.3, 0.4) is 0 Å². The fraction of sp³-hybridized carbons (Fsp3) is 0.417. The number of methoxy groups -OCH3 is 1. The summed E-state index contributed by atoms with van der Waals surface area (Å²) >= 11 is 18.0. The number of aryl methyl sites for hydroxylation is 3. The van der Waals surface area contributed by atoms with Gasteiger partial charge in [-0.25, -0.2) is 13.2 Å². The van der Waals surface area contributed by atoms with E-state index in [0.717, 1.165) is 73.5 Å². The zero-order chi connectivity index (χ0) is 56.0. The number of alkyl halides is 4. The lowest BCUT2D eigenvalue weighted by Crippen LogP contribution is -2.43. The second-order valence-electron chi connectivity index (χ2n) is 16.9. The second-order valence-corrected chi connectivity index (χ2v) is 21.6. The molecule has 1 unspecified atom stereocenters. The number of hydrogen-bond acceptors (Lipinski definition) is 13. The highest BCUT2D eigenvalue weighted by Crippen LogP contribution is 2.43. The van der Waals surface area contributed by atoms with E-state index < -0.39 is 58.7 Å². The van der Waals surface area contributed by atoms with Crippen LogP contribution in [0.1, 0.15) is 89.6 Å². The van der Waals surface area contributed by atoms with Gasteiger partial charge in [0.15, 0.2) is 21.4 Å². The van der Waals surface area contributed by atoms with Gasteiger partial charge in [-0.15, -0.1) is 23.1 Å². The summed E-state index contributed by atoms with van der Waals surface area (Å²) in [5, 5.41) is 18.7. The lowest BCUT2D eigenvalue weighted by molar-refractivity contribution is -0.138. The van der Waals surface area contributed by atoms with Gasteiger partial charge >= 0.3 is 25.4 Å². The van der Waals surface area contributed by atoms with Gasteiger partial charge in [0.2, 0.25) is 5.91 Å². The molecule has 7 rings (SSSR count). The average Bonchev–Trinajstić information content (AvgIpc) is 3.97. The van der Waals surface area contributed by atoms with E-state index in [1.54, 1.807) is 22.6 Å². The smallest absolute Gasteiger partial charge is 0.416 e. The molecule has 408 valence electrons. The minimum Gasteiger partial charge on any atom is -0.480 e. The number of rotatable bonds is 17. The number of nitrogens with zero attached hydrogens (tertiary/aromatic N) is 5. The number of ether oxygens (including phenoxy) is 2. The highest BCUT2D eigenvalue weighted by atomic mass is 35.5. The number of sulfone groups is 1. The number of benzene rings is 3. The standard InChI is InChI=1S/C15H13Cl2N3O2.C15H22ClNO2.C15H12F3NO4S.C3H8NO5P/c1-2-7-22-13-9-12(10(16)8-11(13)17)20-15(21)19-6-4-3-5-14(19)18-20;1-5-13-8-6-7-11(2)15(13)17(14(18)9-16)12(3)10-19-4;1-24(21,22)12-6-9(15(16,17)18)4-5-10(12)13(20)11-7-19-23-14(11)8-2-3-8;5-3(6)1-4-2-10(7,8)9/h1,8-9H,3-7H2;6-8,12H,5,9-10H2,1-4H3;4-8H,2-3H2,1H3;4H,1-2H2,(H,5,6)(H2,7,8,9). The topological polar surface area (TPSA) is 263 Å². The molecule has 3 aromatic carbocycles. The molecule has 0 radical (unpaired) electrons. The number of aromatic nitrogens is 4. The number of anilines is 1. The van der Waals surface area contributed by atoms with Gasteiger partial charge in [-0.3, -0.25) is 28.8 Å². The molecule has 1 aliphatic heterocycles. The molecule has 1 fully saturated rings. The molecule has 19 nitrogen and oxygen atoms in total. The minimum atomic E-state index is -4.71. The van der Waals surface area contributed by atoms with E-state index in [1.807, 2.05) is 26.0 Å². The van der Waals surface area contributed by atoms with Crippen LogP contribution in [0.25, 0.3) is 5.69 Å². The van der Waals surface area contributed by atoms with Crippen molar-refractivity contribution in [1.82, 2.24) is 24.8 Å². The molecule has 1 aliphatic carbocycles. The number of aliphatic carboxylic acids is 1. The molecule has 27 heteroatoms. The molecule has 5 aromatic rings. The predicted molar refractivity (Wildman–Crippen MR) is 274 cm³/mol. The maximum atomic E-state index is 12.8. The van der Waals surface area contributed by atoms with Crippen LogP contribution in [-0.4, -0.2) is 112 Å². The first-order chi connectivity index (χ1) is 35.2. The van der Waals surface area contributed by atoms with Crippen LogP contribution in [0.4, 0.5) is 18.9 Å². The van der Waals surface area contributed by atoms with Crippen molar-refractivity contribution < 1.29 is 69.4 Å². The molecule has 2 aliphatic rings. The van der Waals surface area contributed by atoms with E-state index in [0.29, 0.717) is 52.5 Å². The van der Waals surface area contributed by atoms with E-state index in [2.05, 4.69) is 34.5 Å². The molecule has 0 saturated heterocycles. The van der Waals surface area contributed by atoms with Crippen LogP contribution in [0.15, 0.2) is 68.9 Å².